The minimum atomic E-state index is -0.135. The van der Waals surface area contributed by atoms with Crippen LogP contribution < -0.4 is 11.3 Å². The number of nitrogens with two attached hydrogens (primary N) is 1. The van der Waals surface area contributed by atoms with Crippen molar-refractivity contribution < 1.29 is 9.47 Å². The Bertz CT molecular complexity index is 485. The number of thiocarbonyl (C=S) groups is 1. The van der Waals surface area contributed by atoms with Gasteiger partial charge in [-0.15, -0.1) is 0 Å². The molecule has 0 aromatic carbocycles. The van der Waals surface area contributed by atoms with Gasteiger partial charge in [0.1, 0.15) is 4.99 Å². The van der Waals surface area contributed by atoms with Crippen LogP contribution in [-0.4, -0.2) is 36.5 Å². The van der Waals surface area contributed by atoms with Gasteiger partial charge in [-0.25, -0.2) is 0 Å². The van der Waals surface area contributed by atoms with Gasteiger partial charge in [0.25, 0.3) is 5.56 Å². The molecule has 0 unspecified atom stereocenters. The summed E-state index contributed by atoms with van der Waals surface area (Å²) < 4.78 is 11.9. The Labute approximate surface area is 118 Å². The van der Waals surface area contributed by atoms with Crippen LogP contribution in [0, 0.1) is 6.92 Å². The molecule has 1 aromatic rings. The van der Waals surface area contributed by atoms with Gasteiger partial charge in [0.05, 0.1) is 18.8 Å². The highest BCUT2D eigenvalue weighted by Gasteiger charge is 2.07. The highest BCUT2D eigenvalue weighted by molar-refractivity contribution is 7.80. The van der Waals surface area contributed by atoms with Crippen molar-refractivity contribution >= 4 is 17.2 Å². The fourth-order valence-electron chi connectivity index (χ4n) is 1.71. The first-order chi connectivity index (χ1) is 9.07. The van der Waals surface area contributed by atoms with Crippen LogP contribution >= 0.6 is 12.2 Å². The number of rotatable bonds is 8. The van der Waals surface area contributed by atoms with Gasteiger partial charge in [0.15, 0.2) is 0 Å². The third-order valence-electron chi connectivity index (χ3n) is 2.76. The van der Waals surface area contributed by atoms with Crippen LogP contribution in [0.1, 0.15) is 17.7 Å². The quantitative estimate of drug-likeness (QED) is 0.566. The zero-order valence-electron chi connectivity index (χ0n) is 11.3. The maximum absolute atomic E-state index is 12.1. The Kier molecular flexibility index (Phi) is 6.69. The first-order valence-corrected chi connectivity index (χ1v) is 6.55. The van der Waals surface area contributed by atoms with Crippen molar-refractivity contribution in [1.82, 2.24) is 4.57 Å². The van der Waals surface area contributed by atoms with E-state index in [1.165, 1.54) is 0 Å². The lowest BCUT2D eigenvalue weighted by Crippen LogP contribution is -2.30. The molecule has 0 spiro atoms. The Hall–Kier alpha value is -1.24. The molecule has 0 aliphatic heterocycles. The molecule has 1 rings (SSSR count). The molecule has 1 heterocycles. The van der Waals surface area contributed by atoms with E-state index in [2.05, 4.69) is 0 Å². The van der Waals surface area contributed by atoms with Crippen molar-refractivity contribution in [3.63, 3.8) is 0 Å². The van der Waals surface area contributed by atoms with Gasteiger partial charge >= 0.3 is 0 Å². The number of aromatic nitrogens is 1. The molecule has 19 heavy (non-hydrogen) atoms. The summed E-state index contributed by atoms with van der Waals surface area (Å²) in [4.78, 5) is 12.3. The number of ether oxygens (including phenoxy) is 2. The van der Waals surface area contributed by atoms with Crippen molar-refractivity contribution in [3.05, 3.63) is 33.7 Å². The van der Waals surface area contributed by atoms with E-state index in [-0.39, 0.29) is 10.5 Å². The predicted molar refractivity (Wildman–Crippen MR) is 78.6 cm³/mol. The van der Waals surface area contributed by atoms with Crippen LogP contribution in [0.15, 0.2) is 16.9 Å². The minimum Gasteiger partial charge on any atom is -0.389 e. The van der Waals surface area contributed by atoms with Gasteiger partial charge in [-0.05, 0) is 25.5 Å². The van der Waals surface area contributed by atoms with E-state index >= 15 is 0 Å². The number of hydrogen-bond acceptors (Lipinski definition) is 4. The molecule has 0 atom stereocenters. The number of pyridine rings is 1. The topological polar surface area (TPSA) is 66.5 Å². The lowest BCUT2D eigenvalue weighted by atomic mass is 10.2. The lowest BCUT2D eigenvalue weighted by Gasteiger charge is -2.11. The van der Waals surface area contributed by atoms with E-state index in [0.29, 0.717) is 31.9 Å². The second-order valence-corrected chi connectivity index (χ2v) is 4.61. The van der Waals surface area contributed by atoms with E-state index in [9.17, 15) is 4.79 Å². The number of methoxy groups -OCH3 is 1. The van der Waals surface area contributed by atoms with Crippen LogP contribution in [0.25, 0.3) is 0 Å². The van der Waals surface area contributed by atoms with Crippen molar-refractivity contribution in [2.75, 3.05) is 26.9 Å². The SMILES string of the molecule is COCCOCCCn1c(C)ccc(C(N)=S)c1=O. The molecule has 0 aliphatic rings. The maximum atomic E-state index is 12.1. The van der Waals surface area contributed by atoms with Crippen LogP contribution in [0.3, 0.4) is 0 Å². The average molecular weight is 284 g/mol. The van der Waals surface area contributed by atoms with E-state index in [4.69, 9.17) is 27.4 Å². The normalized spacial score (nSPS) is 10.6. The number of hydrogen-bond donors (Lipinski definition) is 1. The summed E-state index contributed by atoms with van der Waals surface area (Å²) in [6, 6.07) is 3.52. The van der Waals surface area contributed by atoms with Gasteiger partial charge in [0, 0.05) is 26.0 Å². The Morgan fingerprint density at radius 3 is 2.74 bits per heavy atom. The summed E-state index contributed by atoms with van der Waals surface area (Å²) in [6.07, 6.45) is 0.755. The summed E-state index contributed by atoms with van der Waals surface area (Å²) >= 11 is 4.86. The summed E-state index contributed by atoms with van der Waals surface area (Å²) in [5, 5.41) is 0. The molecule has 0 fully saturated rings. The Balaban J connectivity index is 2.60. The van der Waals surface area contributed by atoms with Gasteiger partial charge in [0.2, 0.25) is 0 Å². The van der Waals surface area contributed by atoms with Crippen LogP contribution in [0.2, 0.25) is 0 Å². The monoisotopic (exact) mass is 284 g/mol. The molecular formula is C13H20N2O3S. The average Bonchev–Trinajstić information content (AvgIpc) is 2.36. The van der Waals surface area contributed by atoms with Crippen LogP contribution in [-0.2, 0) is 16.0 Å². The van der Waals surface area contributed by atoms with Crippen molar-refractivity contribution in [2.24, 2.45) is 5.73 Å². The third kappa shape index (κ3) is 4.74. The second-order valence-electron chi connectivity index (χ2n) is 4.17. The summed E-state index contributed by atoms with van der Waals surface area (Å²) in [5.74, 6) is 0. The van der Waals surface area contributed by atoms with Crippen molar-refractivity contribution in [1.29, 1.82) is 0 Å². The predicted octanol–water partition coefficient (Wildman–Crippen LogP) is 0.844. The molecule has 0 bridgehead atoms. The van der Waals surface area contributed by atoms with E-state index in [0.717, 1.165) is 12.1 Å². The summed E-state index contributed by atoms with van der Waals surface area (Å²) in [7, 11) is 1.63. The first-order valence-electron chi connectivity index (χ1n) is 6.15. The standard InChI is InChI=1S/C13H20N2O3S/c1-10-4-5-11(12(14)19)13(16)15(10)6-3-7-18-9-8-17-2/h4-5H,3,6-9H2,1-2H3,(H2,14,19). The molecule has 0 radical (unpaired) electrons. The molecule has 0 amide bonds. The van der Waals surface area contributed by atoms with Gasteiger partial charge < -0.3 is 19.8 Å². The molecular weight excluding hydrogens is 264 g/mol. The van der Waals surface area contributed by atoms with Crippen molar-refractivity contribution in [3.8, 4) is 0 Å². The molecule has 0 aliphatic carbocycles. The zero-order chi connectivity index (χ0) is 14.3. The minimum absolute atomic E-state index is 0.134. The Morgan fingerprint density at radius 1 is 1.37 bits per heavy atom. The molecule has 6 heteroatoms. The number of nitrogens with zero attached hydrogens (tertiary/aromatic N) is 1. The molecule has 5 nitrogen and oxygen atoms in total. The fourth-order valence-corrected chi connectivity index (χ4v) is 1.86. The van der Waals surface area contributed by atoms with Crippen LogP contribution in [0.5, 0.6) is 0 Å². The largest absolute Gasteiger partial charge is 0.389 e. The van der Waals surface area contributed by atoms with E-state index in [1.807, 2.05) is 13.0 Å². The van der Waals surface area contributed by atoms with Crippen LogP contribution in [0.4, 0.5) is 0 Å². The summed E-state index contributed by atoms with van der Waals surface area (Å²) in [6.45, 7) is 4.21. The molecule has 1 aromatic heterocycles. The molecule has 2 N–H and O–H groups in total. The highest BCUT2D eigenvalue weighted by atomic mass is 32.1. The zero-order valence-corrected chi connectivity index (χ0v) is 12.2. The maximum Gasteiger partial charge on any atom is 0.260 e. The van der Waals surface area contributed by atoms with Gasteiger partial charge in [-0.1, -0.05) is 12.2 Å². The smallest absolute Gasteiger partial charge is 0.260 e. The highest BCUT2D eigenvalue weighted by Crippen LogP contribution is 2.00. The van der Waals surface area contributed by atoms with E-state index < -0.39 is 0 Å². The summed E-state index contributed by atoms with van der Waals surface area (Å²) in [5.41, 5.74) is 6.67. The third-order valence-corrected chi connectivity index (χ3v) is 2.98. The lowest BCUT2D eigenvalue weighted by molar-refractivity contribution is 0.0679. The number of aryl methyl sites for hydroxylation is 1. The van der Waals surface area contributed by atoms with Crippen molar-refractivity contribution in [2.45, 2.75) is 19.9 Å². The second kappa shape index (κ2) is 8.04. The van der Waals surface area contributed by atoms with Gasteiger partial charge in [-0.3, -0.25) is 4.79 Å². The fraction of sp³-hybridized carbons (Fsp3) is 0.538. The van der Waals surface area contributed by atoms with E-state index in [1.54, 1.807) is 17.7 Å². The first kappa shape index (κ1) is 15.8. The Morgan fingerprint density at radius 2 is 2.11 bits per heavy atom. The van der Waals surface area contributed by atoms with Gasteiger partial charge in [-0.2, -0.15) is 0 Å². The molecule has 0 saturated heterocycles. The molecule has 106 valence electrons. The molecule has 0 saturated carbocycles.